The van der Waals surface area contributed by atoms with Gasteiger partial charge in [0.1, 0.15) is 12.4 Å². The van der Waals surface area contributed by atoms with Crippen molar-refractivity contribution in [3.63, 3.8) is 0 Å². The second-order valence-electron chi connectivity index (χ2n) is 2.15. The van der Waals surface area contributed by atoms with Gasteiger partial charge < -0.3 is 9.84 Å². The molecule has 12 heavy (non-hydrogen) atoms. The SMILES string of the molecule is OCCOc1ccc(Cl)cc1Br. The third-order valence-electron chi connectivity index (χ3n) is 1.24. The van der Waals surface area contributed by atoms with Crippen molar-refractivity contribution in [1.82, 2.24) is 0 Å². The summed E-state index contributed by atoms with van der Waals surface area (Å²) in [6.07, 6.45) is 0. The lowest BCUT2D eigenvalue weighted by Crippen LogP contribution is -2.01. The maximum Gasteiger partial charge on any atom is 0.133 e. The quantitative estimate of drug-likeness (QED) is 0.894. The van der Waals surface area contributed by atoms with E-state index in [2.05, 4.69) is 15.9 Å². The average Bonchev–Trinajstić information content (AvgIpc) is 2.03. The van der Waals surface area contributed by atoms with E-state index < -0.39 is 0 Å². The van der Waals surface area contributed by atoms with E-state index in [1.54, 1.807) is 18.2 Å². The maximum atomic E-state index is 8.51. The molecular formula is C8H8BrClO2. The molecule has 1 N–H and O–H groups in total. The summed E-state index contributed by atoms with van der Waals surface area (Å²) in [5, 5.41) is 9.16. The van der Waals surface area contributed by atoms with Crippen LogP contribution in [0.2, 0.25) is 5.02 Å². The smallest absolute Gasteiger partial charge is 0.133 e. The van der Waals surface area contributed by atoms with Crippen molar-refractivity contribution in [3.05, 3.63) is 27.7 Å². The normalized spacial score (nSPS) is 9.92. The van der Waals surface area contributed by atoms with Crippen LogP contribution in [-0.2, 0) is 0 Å². The topological polar surface area (TPSA) is 29.5 Å². The molecule has 0 fully saturated rings. The lowest BCUT2D eigenvalue weighted by Gasteiger charge is -2.05. The van der Waals surface area contributed by atoms with Crippen LogP contribution in [0.25, 0.3) is 0 Å². The van der Waals surface area contributed by atoms with Gasteiger partial charge in [0.25, 0.3) is 0 Å². The maximum absolute atomic E-state index is 8.51. The molecule has 0 aromatic heterocycles. The van der Waals surface area contributed by atoms with Crippen LogP contribution in [0.5, 0.6) is 5.75 Å². The van der Waals surface area contributed by atoms with E-state index in [4.69, 9.17) is 21.4 Å². The minimum atomic E-state index is 0.00899. The second kappa shape index (κ2) is 4.70. The van der Waals surface area contributed by atoms with Crippen LogP contribution in [0.3, 0.4) is 0 Å². The van der Waals surface area contributed by atoms with Gasteiger partial charge in [-0.3, -0.25) is 0 Å². The van der Waals surface area contributed by atoms with E-state index >= 15 is 0 Å². The van der Waals surface area contributed by atoms with E-state index in [-0.39, 0.29) is 6.61 Å². The van der Waals surface area contributed by atoms with Crippen molar-refractivity contribution in [2.45, 2.75) is 0 Å². The van der Waals surface area contributed by atoms with Crippen LogP contribution in [0, 0.1) is 0 Å². The lowest BCUT2D eigenvalue weighted by molar-refractivity contribution is 0.200. The summed E-state index contributed by atoms with van der Waals surface area (Å²) in [7, 11) is 0. The minimum absolute atomic E-state index is 0.00899. The Hall–Kier alpha value is -0.250. The van der Waals surface area contributed by atoms with Crippen molar-refractivity contribution in [3.8, 4) is 5.75 Å². The van der Waals surface area contributed by atoms with Crippen molar-refractivity contribution in [1.29, 1.82) is 0 Å². The molecule has 1 aromatic rings. The summed E-state index contributed by atoms with van der Waals surface area (Å²) in [5.74, 6) is 0.688. The molecule has 4 heteroatoms. The first-order valence-corrected chi connectivity index (χ1v) is 4.60. The van der Waals surface area contributed by atoms with Crippen LogP contribution in [0.4, 0.5) is 0 Å². The van der Waals surface area contributed by atoms with E-state index in [0.29, 0.717) is 17.4 Å². The van der Waals surface area contributed by atoms with E-state index in [1.807, 2.05) is 0 Å². The predicted molar refractivity (Wildman–Crippen MR) is 51.7 cm³/mol. The molecule has 0 spiro atoms. The Morgan fingerprint density at radius 1 is 1.50 bits per heavy atom. The fourth-order valence-electron chi connectivity index (χ4n) is 0.748. The first-order valence-electron chi connectivity index (χ1n) is 3.43. The van der Waals surface area contributed by atoms with Crippen molar-refractivity contribution in [2.24, 2.45) is 0 Å². The van der Waals surface area contributed by atoms with Gasteiger partial charge in [-0.1, -0.05) is 11.6 Å². The average molecular weight is 252 g/mol. The molecule has 0 amide bonds. The Balaban J connectivity index is 2.72. The van der Waals surface area contributed by atoms with E-state index in [1.165, 1.54) is 0 Å². The minimum Gasteiger partial charge on any atom is -0.490 e. The number of hydrogen-bond acceptors (Lipinski definition) is 2. The highest BCUT2D eigenvalue weighted by molar-refractivity contribution is 9.10. The molecule has 0 aliphatic heterocycles. The van der Waals surface area contributed by atoms with Gasteiger partial charge >= 0.3 is 0 Å². The lowest BCUT2D eigenvalue weighted by atomic mass is 10.3. The fraction of sp³-hybridized carbons (Fsp3) is 0.250. The number of rotatable bonds is 3. The number of aliphatic hydroxyl groups excluding tert-OH is 1. The molecule has 0 saturated carbocycles. The zero-order valence-electron chi connectivity index (χ0n) is 6.26. The first-order chi connectivity index (χ1) is 5.74. The molecule has 0 radical (unpaired) electrons. The number of benzene rings is 1. The standard InChI is InChI=1S/C8H8BrClO2/c9-7-5-6(10)1-2-8(7)12-4-3-11/h1-2,5,11H,3-4H2. The second-order valence-corrected chi connectivity index (χ2v) is 3.44. The van der Waals surface area contributed by atoms with Gasteiger partial charge in [0.2, 0.25) is 0 Å². The highest BCUT2D eigenvalue weighted by atomic mass is 79.9. The first kappa shape index (κ1) is 9.84. The summed E-state index contributed by atoms with van der Waals surface area (Å²) in [4.78, 5) is 0. The molecule has 1 rings (SSSR count). The number of hydrogen-bond donors (Lipinski definition) is 1. The molecule has 0 bridgehead atoms. The zero-order valence-corrected chi connectivity index (χ0v) is 8.60. The molecule has 0 aliphatic carbocycles. The molecule has 0 aliphatic rings. The van der Waals surface area contributed by atoms with Gasteiger partial charge in [-0.05, 0) is 34.1 Å². The summed E-state index contributed by atoms with van der Waals surface area (Å²) < 4.78 is 5.98. The fourth-order valence-corrected chi connectivity index (χ4v) is 1.55. The summed E-state index contributed by atoms with van der Waals surface area (Å²) in [6.45, 7) is 0.301. The third-order valence-corrected chi connectivity index (χ3v) is 2.10. The Morgan fingerprint density at radius 2 is 2.25 bits per heavy atom. The number of ether oxygens (including phenoxy) is 1. The van der Waals surface area contributed by atoms with Crippen LogP contribution >= 0.6 is 27.5 Å². The molecule has 2 nitrogen and oxygen atoms in total. The monoisotopic (exact) mass is 250 g/mol. The number of halogens is 2. The van der Waals surface area contributed by atoms with Gasteiger partial charge in [-0.15, -0.1) is 0 Å². The zero-order chi connectivity index (χ0) is 8.97. The molecule has 0 saturated heterocycles. The van der Waals surface area contributed by atoms with Crippen molar-refractivity contribution in [2.75, 3.05) is 13.2 Å². The van der Waals surface area contributed by atoms with Gasteiger partial charge in [-0.25, -0.2) is 0 Å². The third kappa shape index (κ3) is 2.66. The van der Waals surface area contributed by atoms with Crippen LogP contribution in [0.1, 0.15) is 0 Å². The van der Waals surface area contributed by atoms with Gasteiger partial charge in [0.15, 0.2) is 0 Å². The van der Waals surface area contributed by atoms with Crippen LogP contribution in [0.15, 0.2) is 22.7 Å². The van der Waals surface area contributed by atoms with E-state index in [0.717, 1.165) is 4.47 Å². The van der Waals surface area contributed by atoms with Gasteiger partial charge in [-0.2, -0.15) is 0 Å². The van der Waals surface area contributed by atoms with Crippen molar-refractivity contribution < 1.29 is 9.84 Å². The van der Waals surface area contributed by atoms with Gasteiger partial charge in [0.05, 0.1) is 11.1 Å². The molecule has 0 atom stereocenters. The molecule has 0 heterocycles. The Kier molecular flexibility index (Phi) is 3.85. The highest BCUT2D eigenvalue weighted by Crippen LogP contribution is 2.27. The number of aliphatic hydroxyl groups is 1. The Bertz CT molecular complexity index is 265. The van der Waals surface area contributed by atoms with Crippen LogP contribution < -0.4 is 4.74 Å². The summed E-state index contributed by atoms with van der Waals surface area (Å²) in [6, 6.07) is 5.23. The summed E-state index contributed by atoms with van der Waals surface area (Å²) in [5.41, 5.74) is 0. The molecule has 0 unspecified atom stereocenters. The van der Waals surface area contributed by atoms with E-state index in [9.17, 15) is 0 Å². The largest absolute Gasteiger partial charge is 0.490 e. The summed E-state index contributed by atoms with van der Waals surface area (Å²) >= 11 is 9.00. The predicted octanol–water partition coefficient (Wildman–Crippen LogP) is 2.47. The Labute approximate surface area is 84.2 Å². The molecular weight excluding hydrogens is 243 g/mol. The Morgan fingerprint density at radius 3 is 2.83 bits per heavy atom. The van der Waals surface area contributed by atoms with Crippen LogP contribution in [-0.4, -0.2) is 18.3 Å². The van der Waals surface area contributed by atoms with Crippen molar-refractivity contribution >= 4 is 27.5 Å². The molecule has 1 aromatic carbocycles. The van der Waals surface area contributed by atoms with Gasteiger partial charge in [0, 0.05) is 5.02 Å². The molecule has 66 valence electrons. The highest BCUT2D eigenvalue weighted by Gasteiger charge is 2.00.